The summed E-state index contributed by atoms with van der Waals surface area (Å²) in [7, 11) is 0. The number of hydrogen-bond donors (Lipinski definition) is 0. The maximum absolute atomic E-state index is 6.55. The first-order valence-corrected chi connectivity index (χ1v) is 15.9. The second-order valence-corrected chi connectivity index (χ2v) is 12.0. The molecule has 0 bridgehead atoms. The lowest BCUT2D eigenvalue weighted by molar-refractivity contribution is 0.668. The van der Waals surface area contributed by atoms with Gasteiger partial charge in [-0.3, -0.25) is 4.57 Å². The molecule has 47 heavy (non-hydrogen) atoms. The van der Waals surface area contributed by atoms with Crippen molar-refractivity contribution < 1.29 is 4.42 Å². The average molecular weight is 602 g/mol. The standard InChI is InChI=1S/C43H27N3O/c1-2-11-29(12-3-1)43-44-36-16-6-9-19-39(36)46(43)30-23-21-28(22-24-30)32-15-10-20-40-42(32)35-26-25-31(27-41(35)47-40)45-37-17-7-4-13-33(37)34-14-5-8-18-38(34)45/h1-27H. The van der Waals surface area contributed by atoms with Crippen LogP contribution in [0.2, 0.25) is 0 Å². The van der Waals surface area contributed by atoms with E-state index in [2.05, 4.69) is 161 Å². The van der Waals surface area contributed by atoms with Crippen LogP contribution in [0, 0.1) is 0 Å². The molecule has 0 radical (unpaired) electrons. The monoisotopic (exact) mass is 601 g/mol. The fraction of sp³-hybridized carbons (Fsp3) is 0. The van der Waals surface area contributed by atoms with E-state index in [1.165, 1.54) is 21.8 Å². The highest BCUT2D eigenvalue weighted by Crippen LogP contribution is 2.39. The van der Waals surface area contributed by atoms with Crippen molar-refractivity contribution in [3.8, 4) is 33.9 Å². The van der Waals surface area contributed by atoms with Gasteiger partial charge in [-0.15, -0.1) is 0 Å². The summed E-state index contributed by atoms with van der Waals surface area (Å²) in [5.41, 5.74) is 11.7. The first-order valence-electron chi connectivity index (χ1n) is 15.9. The summed E-state index contributed by atoms with van der Waals surface area (Å²) < 4.78 is 11.1. The molecule has 0 N–H and O–H groups in total. The molecule has 0 atom stereocenters. The maximum atomic E-state index is 6.55. The number of para-hydroxylation sites is 4. The number of imidazole rings is 1. The zero-order valence-corrected chi connectivity index (χ0v) is 25.3. The van der Waals surface area contributed by atoms with Gasteiger partial charge in [-0.2, -0.15) is 0 Å². The van der Waals surface area contributed by atoms with E-state index in [-0.39, 0.29) is 0 Å². The zero-order chi connectivity index (χ0) is 30.9. The third-order valence-corrected chi connectivity index (χ3v) is 9.35. The highest BCUT2D eigenvalue weighted by molar-refractivity contribution is 6.13. The molecule has 0 saturated carbocycles. The van der Waals surface area contributed by atoms with E-state index in [1.54, 1.807) is 0 Å². The van der Waals surface area contributed by atoms with Gasteiger partial charge in [-0.25, -0.2) is 4.98 Å². The fourth-order valence-corrected chi connectivity index (χ4v) is 7.25. The topological polar surface area (TPSA) is 35.9 Å². The molecular weight excluding hydrogens is 574 g/mol. The molecule has 0 fully saturated rings. The number of fused-ring (bicyclic) bond motifs is 7. The van der Waals surface area contributed by atoms with Gasteiger partial charge in [0.1, 0.15) is 17.0 Å². The molecule has 3 aromatic heterocycles. The van der Waals surface area contributed by atoms with Gasteiger partial charge in [0.05, 0.1) is 22.1 Å². The van der Waals surface area contributed by atoms with Crippen LogP contribution >= 0.6 is 0 Å². The third-order valence-electron chi connectivity index (χ3n) is 9.35. The molecule has 4 heteroatoms. The second kappa shape index (κ2) is 10.1. The summed E-state index contributed by atoms with van der Waals surface area (Å²) in [6.45, 7) is 0. The minimum Gasteiger partial charge on any atom is -0.456 e. The SMILES string of the molecule is c1ccc(-c2nc3ccccc3n2-c2ccc(-c3cccc4oc5cc(-n6c7ccccc7c7ccccc76)ccc5c34)cc2)cc1. The molecule has 0 aliphatic carbocycles. The van der Waals surface area contributed by atoms with Crippen LogP contribution in [-0.4, -0.2) is 14.1 Å². The van der Waals surface area contributed by atoms with E-state index in [9.17, 15) is 0 Å². The molecule has 0 spiro atoms. The number of hydrogen-bond acceptors (Lipinski definition) is 2. The van der Waals surface area contributed by atoms with Crippen LogP contribution in [-0.2, 0) is 0 Å². The Labute approximate surface area is 270 Å². The number of aromatic nitrogens is 3. The summed E-state index contributed by atoms with van der Waals surface area (Å²) in [6, 6.07) is 57.6. The van der Waals surface area contributed by atoms with Crippen molar-refractivity contribution in [1.82, 2.24) is 14.1 Å². The number of furan rings is 1. The molecule has 220 valence electrons. The van der Waals surface area contributed by atoms with Gasteiger partial charge in [0.25, 0.3) is 0 Å². The summed E-state index contributed by atoms with van der Waals surface area (Å²) in [6.07, 6.45) is 0. The molecule has 3 heterocycles. The van der Waals surface area contributed by atoms with Crippen molar-refractivity contribution in [2.24, 2.45) is 0 Å². The first kappa shape index (κ1) is 25.9. The highest BCUT2D eigenvalue weighted by atomic mass is 16.3. The van der Waals surface area contributed by atoms with Gasteiger partial charge in [-0.05, 0) is 65.7 Å². The quantitative estimate of drug-likeness (QED) is 0.201. The van der Waals surface area contributed by atoms with Crippen molar-refractivity contribution in [3.05, 3.63) is 164 Å². The molecule has 0 aliphatic rings. The minimum atomic E-state index is 0.876. The molecule has 4 nitrogen and oxygen atoms in total. The van der Waals surface area contributed by atoms with Gasteiger partial charge < -0.3 is 8.98 Å². The van der Waals surface area contributed by atoms with Crippen molar-refractivity contribution in [1.29, 1.82) is 0 Å². The van der Waals surface area contributed by atoms with E-state index in [0.29, 0.717) is 0 Å². The summed E-state index contributed by atoms with van der Waals surface area (Å²) >= 11 is 0. The summed E-state index contributed by atoms with van der Waals surface area (Å²) in [5, 5.41) is 4.73. The molecule has 10 aromatic rings. The molecular formula is C43H27N3O. The zero-order valence-electron chi connectivity index (χ0n) is 25.3. The lowest BCUT2D eigenvalue weighted by Gasteiger charge is -2.11. The van der Waals surface area contributed by atoms with E-state index in [1.807, 2.05) is 12.1 Å². The van der Waals surface area contributed by atoms with E-state index in [4.69, 9.17) is 9.40 Å². The molecule has 7 aromatic carbocycles. The van der Waals surface area contributed by atoms with Crippen LogP contribution in [0.3, 0.4) is 0 Å². The van der Waals surface area contributed by atoms with Crippen LogP contribution in [0.4, 0.5) is 0 Å². The summed E-state index contributed by atoms with van der Waals surface area (Å²) in [4.78, 5) is 5.02. The Bertz CT molecular complexity index is 2730. The second-order valence-electron chi connectivity index (χ2n) is 12.0. The molecule has 0 amide bonds. The Balaban J connectivity index is 1.10. The fourth-order valence-electron chi connectivity index (χ4n) is 7.25. The predicted molar refractivity (Wildman–Crippen MR) is 194 cm³/mol. The van der Waals surface area contributed by atoms with Crippen molar-refractivity contribution in [3.63, 3.8) is 0 Å². The lowest BCUT2D eigenvalue weighted by atomic mass is 9.99. The van der Waals surface area contributed by atoms with Crippen LogP contribution < -0.4 is 0 Å². The van der Waals surface area contributed by atoms with Crippen LogP contribution in [0.25, 0.3) is 88.7 Å². The largest absolute Gasteiger partial charge is 0.456 e. The van der Waals surface area contributed by atoms with Gasteiger partial charge >= 0.3 is 0 Å². The Hall–Kier alpha value is -6.39. The Morgan fingerprint density at radius 3 is 1.85 bits per heavy atom. The number of benzene rings is 7. The van der Waals surface area contributed by atoms with Crippen molar-refractivity contribution in [2.45, 2.75) is 0 Å². The Kier molecular flexibility index (Phi) is 5.54. The first-order chi connectivity index (χ1) is 23.3. The van der Waals surface area contributed by atoms with Gasteiger partial charge in [-0.1, -0.05) is 103 Å². The van der Waals surface area contributed by atoms with E-state index < -0.39 is 0 Å². The minimum absolute atomic E-state index is 0.876. The van der Waals surface area contributed by atoms with Gasteiger partial charge in [0.2, 0.25) is 0 Å². The average Bonchev–Trinajstić information content (AvgIpc) is 3.81. The maximum Gasteiger partial charge on any atom is 0.145 e. The Morgan fingerprint density at radius 2 is 1.09 bits per heavy atom. The normalized spacial score (nSPS) is 11.8. The van der Waals surface area contributed by atoms with Crippen molar-refractivity contribution >= 4 is 54.8 Å². The lowest BCUT2D eigenvalue weighted by Crippen LogP contribution is -1.97. The van der Waals surface area contributed by atoms with Crippen LogP contribution in [0.1, 0.15) is 0 Å². The van der Waals surface area contributed by atoms with E-state index >= 15 is 0 Å². The molecule has 0 saturated heterocycles. The number of nitrogens with zero attached hydrogens (tertiary/aromatic N) is 3. The Morgan fingerprint density at radius 1 is 0.426 bits per heavy atom. The van der Waals surface area contributed by atoms with Gasteiger partial charge in [0, 0.05) is 44.5 Å². The smallest absolute Gasteiger partial charge is 0.145 e. The molecule has 10 rings (SSSR count). The molecule has 0 aliphatic heterocycles. The highest BCUT2D eigenvalue weighted by Gasteiger charge is 2.18. The third kappa shape index (κ3) is 3.92. The number of rotatable bonds is 4. The van der Waals surface area contributed by atoms with E-state index in [0.717, 1.165) is 66.9 Å². The van der Waals surface area contributed by atoms with Crippen LogP contribution in [0.5, 0.6) is 0 Å². The van der Waals surface area contributed by atoms with Crippen LogP contribution in [0.15, 0.2) is 168 Å². The summed E-state index contributed by atoms with van der Waals surface area (Å²) in [5.74, 6) is 0.932. The van der Waals surface area contributed by atoms with Gasteiger partial charge in [0.15, 0.2) is 0 Å². The predicted octanol–water partition coefficient (Wildman–Crippen LogP) is 11.4. The van der Waals surface area contributed by atoms with Crippen molar-refractivity contribution in [2.75, 3.05) is 0 Å². The molecule has 0 unspecified atom stereocenters.